The summed E-state index contributed by atoms with van der Waals surface area (Å²) < 4.78 is 5.71. The van der Waals surface area contributed by atoms with E-state index >= 15 is 0 Å². The quantitative estimate of drug-likeness (QED) is 0.774. The summed E-state index contributed by atoms with van der Waals surface area (Å²) in [6.07, 6.45) is 2.37. The fourth-order valence-electron chi connectivity index (χ4n) is 2.06. The normalized spacial score (nSPS) is 19.6. The highest BCUT2D eigenvalue weighted by Crippen LogP contribution is 2.24. The van der Waals surface area contributed by atoms with Gasteiger partial charge >= 0.3 is 0 Å². The fourth-order valence-corrected chi connectivity index (χ4v) is 2.06. The van der Waals surface area contributed by atoms with Crippen molar-refractivity contribution in [3.8, 4) is 11.8 Å². The Hall–Kier alpha value is -1.73. The van der Waals surface area contributed by atoms with Crippen LogP contribution in [0.3, 0.4) is 0 Å². The summed E-state index contributed by atoms with van der Waals surface area (Å²) in [6.45, 7) is 2.73. The van der Waals surface area contributed by atoms with Gasteiger partial charge in [0, 0.05) is 12.5 Å². The van der Waals surface area contributed by atoms with Gasteiger partial charge in [-0.25, -0.2) is 0 Å². The minimum Gasteiger partial charge on any atom is -0.492 e. The molecule has 0 radical (unpaired) electrons. The van der Waals surface area contributed by atoms with E-state index in [-0.39, 0.29) is 0 Å². The molecular weight excluding hydrogens is 214 g/mol. The van der Waals surface area contributed by atoms with Crippen molar-refractivity contribution in [2.45, 2.75) is 12.8 Å². The molecule has 0 amide bonds. The van der Waals surface area contributed by atoms with Crippen molar-refractivity contribution in [1.82, 2.24) is 5.32 Å². The number of nitrogens with zero attached hydrogens (tertiary/aromatic N) is 1. The lowest BCUT2D eigenvalue weighted by Gasteiger charge is -2.23. The molecule has 1 aliphatic heterocycles. The molecular formula is C13H17N3O. The second kappa shape index (κ2) is 5.55. The summed E-state index contributed by atoms with van der Waals surface area (Å²) >= 11 is 0. The number of hydrogen-bond acceptors (Lipinski definition) is 4. The minimum absolute atomic E-state index is 0.441. The summed E-state index contributed by atoms with van der Waals surface area (Å²) in [6, 6.07) is 7.41. The highest BCUT2D eigenvalue weighted by Gasteiger charge is 2.15. The summed E-state index contributed by atoms with van der Waals surface area (Å²) in [4.78, 5) is 0. The number of nitrogens with one attached hydrogen (secondary N) is 1. The third-order valence-corrected chi connectivity index (χ3v) is 3.04. The van der Waals surface area contributed by atoms with Crippen molar-refractivity contribution >= 4 is 5.69 Å². The van der Waals surface area contributed by atoms with E-state index in [0.29, 0.717) is 29.5 Å². The van der Waals surface area contributed by atoms with Gasteiger partial charge in [-0.3, -0.25) is 0 Å². The number of nitrogens with two attached hydrogens (primary N) is 1. The monoisotopic (exact) mass is 231 g/mol. The average molecular weight is 231 g/mol. The van der Waals surface area contributed by atoms with Gasteiger partial charge in [0.2, 0.25) is 0 Å². The topological polar surface area (TPSA) is 71.1 Å². The molecule has 1 fully saturated rings. The molecule has 1 unspecified atom stereocenters. The van der Waals surface area contributed by atoms with Gasteiger partial charge in [-0.1, -0.05) is 6.07 Å². The first-order valence-electron chi connectivity index (χ1n) is 5.93. The second-order valence-electron chi connectivity index (χ2n) is 4.36. The molecule has 1 aromatic carbocycles. The molecule has 1 aromatic rings. The lowest BCUT2D eigenvalue weighted by molar-refractivity contribution is 0.218. The molecule has 3 N–H and O–H groups in total. The van der Waals surface area contributed by atoms with E-state index in [1.54, 1.807) is 12.1 Å². The Morgan fingerprint density at radius 3 is 3.12 bits per heavy atom. The first kappa shape index (κ1) is 11.7. The van der Waals surface area contributed by atoms with E-state index in [1.165, 1.54) is 12.8 Å². The van der Waals surface area contributed by atoms with Crippen LogP contribution < -0.4 is 15.8 Å². The molecule has 4 nitrogen and oxygen atoms in total. The number of anilines is 1. The Morgan fingerprint density at radius 1 is 1.53 bits per heavy atom. The van der Waals surface area contributed by atoms with E-state index in [4.69, 9.17) is 15.7 Å². The van der Waals surface area contributed by atoms with E-state index in [1.807, 2.05) is 6.07 Å². The van der Waals surface area contributed by atoms with Crippen LogP contribution in [-0.2, 0) is 0 Å². The van der Waals surface area contributed by atoms with Crippen molar-refractivity contribution in [3.63, 3.8) is 0 Å². The van der Waals surface area contributed by atoms with Crippen molar-refractivity contribution < 1.29 is 4.74 Å². The molecule has 0 aromatic heterocycles. The summed E-state index contributed by atoms with van der Waals surface area (Å²) in [5.41, 5.74) is 6.65. The molecule has 90 valence electrons. The highest BCUT2D eigenvalue weighted by atomic mass is 16.5. The van der Waals surface area contributed by atoms with Gasteiger partial charge in [-0.2, -0.15) is 5.26 Å². The highest BCUT2D eigenvalue weighted by molar-refractivity contribution is 5.60. The van der Waals surface area contributed by atoms with Gasteiger partial charge in [0.25, 0.3) is 0 Å². The lowest BCUT2D eigenvalue weighted by atomic mass is 10.0. The van der Waals surface area contributed by atoms with Crippen LogP contribution in [0.5, 0.6) is 5.75 Å². The summed E-state index contributed by atoms with van der Waals surface area (Å²) in [5.74, 6) is 1.12. The zero-order valence-electron chi connectivity index (χ0n) is 9.78. The maximum absolute atomic E-state index is 9.01. The molecule has 2 rings (SSSR count). The zero-order valence-corrected chi connectivity index (χ0v) is 9.78. The van der Waals surface area contributed by atoms with Crippen LogP contribution in [0.1, 0.15) is 18.4 Å². The predicted octanol–water partition coefficient (Wildman–Crippen LogP) is 1.52. The molecule has 4 heteroatoms. The maximum atomic E-state index is 9.01. The van der Waals surface area contributed by atoms with Crippen molar-refractivity contribution in [1.29, 1.82) is 5.26 Å². The van der Waals surface area contributed by atoms with Gasteiger partial charge < -0.3 is 15.8 Å². The predicted molar refractivity (Wildman–Crippen MR) is 66.7 cm³/mol. The van der Waals surface area contributed by atoms with Crippen LogP contribution in [0.15, 0.2) is 18.2 Å². The lowest BCUT2D eigenvalue weighted by Crippen LogP contribution is -2.33. The van der Waals surface area contributed by atoms with Gasteiger partial charge in [-0.15, -0.1) is 0 Å². The maximum Gasteiger partial charge on any atom is 0.139 e. The van der Waals surface area contributed by atoms with E-state index in [0.717, 1.165) is 13.1 Å². The first-order chi connectivity index (χ1) is 8.31. The van der Waals surface area contributed by atoms with Crippen LogP contribution >= 0.6 is 0 Å². The standard InChI is InChI=1S/C13H17N3O/c14-7-11-12(15)4-1-5-13(11)17-9-10-3-2-6-16-8-10/h1,4-5,10,16H,2-3,6,8-9,15H2. The number of piperidine rings is 1. The van der Waals surface area contributed by atoms with Crippen LogP contribution in [0, 0.1) is 17.2 Å². The Morgan fingerprint density at radius 2 is 2.41 bits per heavy atom. The molecule has 0 spiro atoms. The average Bonchev–Trinajstić information content (AvgIpc) is 2.37. The molecule has 0 bridgehead atoms. The number of ether oxygens (including phenoxy) is 1. The van der Waals surface area contributed by atoms with Crippen molar-refractivity contribution in [3.05, 3.63) is 23.8 Å². The molecule has 1 aliphatic rings. The largest absolute Gasteiger partial charge is 0.492 e. The molecule has 17 heavy (non-hydrogen) atoms. The van der Waals surface area contributed by atoms with Gasteiger partial charge in [-0.05, 0) is 31.5 Å². The third-order valence-electron chi connectivity index (χ3n) is 3.04. The number of nitrogen functional groups attached to an aromatic ring is 1. The van der Waals surface area contributed by atoms with Crippen LogP contribution in [0.25, 0.3) is 0 Å². The fraction of sp³-hybridized carbons (Fsp3) is 0.462. The van der Waals surface area contributed by atoms with E-state index in [2.05, 4.69) is 11.4 Å². The number of nitriles is 1. The van der Waals surface area contributed by atoms with Crippen LogP contribution in [0.2, 0.25) is 0 Å². The summed E-state index contributed by atoms with van der Waals surface area (Å²) in [7, 11) is 0. The first-order valence-corrected chi connectivity index (χ1v) is 5.93. The molecule has 0 aliphatic carbocycles. The summed E-state index contributed by atoms with van der Waals surface area (Å²) in [5, 5.41) is 12.4. The number of rotatable bonds is 3. The minimum atomic E-state index is 0.441. The van der Waals surface area contributed by atoms with Gasteiger partial charge in [0.1, 0.15) is 17.4 Å². The van der Waals surface area contributed by atoms with Gasteiger partial charge in [0.15, 0.2) is 0 Å². The van der Waals surface area contributed by atoms with Gasteiger partial charge in [0.05, 0.1) is 12.3 Å². The number of hydrogen-bond donors (Lipinski definition) is 2. The van der Waals surface area contributed by atoms with Crippen LogP contribution in [-0.4, -0.2) is 19.7 Å². The van der Waals surface area contributed by atoms with E-state index in [9.17, 15) is 0 Å². The molecule has 1 heterocycles. The SMILES string of the molecule is N#Cc1c(N)cccc1OCC1CCCNC1. The Kier molecular flexibility index (Phi) is 3.84. The Labute approximate surface area is 101 Å². The van der Waals surface area contributed by atoms with Crippen LogP contribution in [0.4, 0.5) is 5.69 Å². The Bertz CT molecular complexity index is 419. The Balaban J connectivity index is 1.99. The van der Waals surface area contributed by atoms with Crippen molar-refractivity contribution in [2.24, 2.45) is 5.92 Å². The smallest absolute Gasteiger partial charge is 0.139 e. The number of benzene rings is 1. The molecule has 1 atom stereocenters. The van der Waals surface area contributed by atoms with E-state index < -0.39 is 0 Å². The zero-order chi connectivity index (χ0) is 12.1. The molecule has 0 saturated carbocycles. The molecule has 1 saturated heterocycles. The second-order valence-corrected chi connectivity index (χ2v) is 4.36. The third kappa shape index (κ3) is 2.89. The van der Waals surface area contributed by atoms with Crippen molar-refractivity contribution in [2.75, 3.05) is 25.4 Å².